The van der Waals surface area contributed by atoms with Crippen molar-refractivity contribution in [2.75, 3.05) is 19.7 Å². The van der Waals surface area contributed by atoms with Crippen LogP contribution >= 0.6 is 0 Å². The predicted molar refractivity (Wildman–Crippen MR) is 150 cm³/mol. The van der Waals surface area contributed by atoms with Crippen LogP contribution in [0.5, 0.6) is 5.75 Å². The van der Waals surface area contributed by atoms with Crippen LogP contribution in [-0.2, 0) is 20.8 Å². The Kier molecular flexibility index (Phi) is 10.0. The number of hydrogen-bond donors (Lipinski definition) is 0. The summed E-state index contributed by atoms with van der Waals surface area (Å²) in [5.41, 5.74) is 0.957. The lowest BCUT2D eigenvalue weighted by Crippen LogP contribution is -2.49. The van der Waals surface area contributed by atoms with E-state index in [0.717, 1.165) is 31.2 Å². The molecule has 0 N–H and O–H groups in total. The number of rotatable bonds is 8. The summed E-state index contributed by atoms with van der Waals surface area (Å²) in [5, 5.41) is 0. The molecule has 1 saturated carbocycles. The molecule has 9 nitrogen and oxygen atoms in total. The Bertz CT molecular complexity index is 1120. The SMILES string of the molecule is CC(C)(C)OC(=O)N1CCC(N(Cc2ccncc2)C(=O)c2ccc(OCC(=O)OC3CCCCC3)cc2)CC1. The number of piperidine rings is 1. The molecular weight excluding hydrogens is 510 g/mol. The highest BCUT2D eigenvalue weighted by atomic mass is 16.6. The van der Waals surface area contributed by atoms with E-state index in [1.807, 2.05) is 37.8 Å². The van der Waals surface area contributed by atoms with Gasteiger partial charge in [0, 0.05) is 43.6 Å². The molecule has 0 atom stereocenters. The largest absolute Gasteiger partial charge is 0.482 e. The lowest BCUT2D eigenvalue weighted by atomic mass is 9.98. The van der Waals surface area contributed by atoms with E-state index in [-0.39, 0.29) is 36.7 Å². The minimum absolute atomic E-state index is 0.00720. The summed E-state index contributed by atoms with van der Waals surface area (Å²) in [4.78, 5) is 46.1. The summed E-state index contributed by atoms with van der Waals surface area (Å²) in [6.07, 6.45) is 9.62. The number of nitrogens with zero attached hydrogens (tertiary/aromatic N) is 3. The number of carbonyl (C=O) groups excluding carboxylic acids is 3. The van der Waals surface area contributed by atoms with Crippen LogP contribution in [0.15, 0.2) is 48.8 Å². The van der Waals surface area contributed by atoms with Gasteiger partial charge in [-0.1, -0.05) is 6.42 Å². The van der Waals surface area contributed by atoms with E-state index in [9.17, 15) is 14.4 Å². The monoisotopic (exact) mass is 551 g/mol. The van der Waals surface area contributed by atoms with Crippen LogP contribution < -0.4 is 4.74 Å². The first-order valence-corrected chi connectivity index (χ1v) is 14.3. The number of ether oxygens (including phenoxy) is 3. The van der Waals surface area contributed by atoms with Crippen molar-refractivity contribution in [3.63, 3.8) is 0 Å². The zero-order chi connectivity index (χ0) is 28.5. The molecule has 1 aromatic carbocycles. The van der Waals surface area contributed by atoms with Gasteiger partial charge in [-0.05, 0) is 101 Å². The van der Waals surface area contributed by atoms with Crippen molar-refractivity contribution in [2.45, 2.75) is 90.0 Å². The van der Waals surface area contributed by atoms with Gasteiger partial charge in [-0.2, -0.15) is 0 Å². The highest BCUT2D eigenvalue weighted by molar-refractivity contribution is 5.94. The van der Waals surface area contributed by atoms with Crippen LogP contribution in [0.1, 0.15) is 81.6 Å². The molecule has 2 fully saturated rings. The zero-order valence-corrected chi connectivity index (χ0v) is 23.8. The maximum atomic E-state index is 13.7. The van der Waals surface area contributed by atoms with Crippen molar-refractivity contribution in [2.24, 2.45) is 0 Å². The van der Waals surface area contributed by atoms with Gasteiger partial charge >= 0.3 is 12.1 Å². The van der Waals surface area contributed by atoms with Gasteiger partial charge in [0.2, 0.25) is 0 Å². The Labute approximate surface area is 236 Å². The highest BCUT2D eigenvalue weighted by Gasteiger charge is 2.32. The van der Waals surface area contributed by atoms with E-state index in [2.05, 4.69) is 4.98 Å². The third-order valence-corrected chi connectivity index (χ3v) is 7.23. The number of carbonyl (C=O) groups is 3. The highest BCUT2D eigenvalue weighted by Crippen LogP contribution is 2.24. The quantitative estimate of drug-likeness (QED) is 0.406. The summed E-state index contributed by atoms with van der Waals surface area (Å²) >= 11 is 0. The third kappa shape index (κ3) is 8.69. The van der Waals surface area contributed by atoms with Gasteiger partial charge in [0.25, 0.3) is 5.91 Å². The van der Waals surface area contributed by atoms with Gasteiger partial charge in [-0.25, -0.2) is 9.59 Å². The minimum atomic E-state index is -0.553. The fraction of sp³-hybridized carbons (Fsp3) is 0.548. The molecule has 0 radical (unpaired) electrons. The van der Waals surface area contributed by atoms with Gasteiger partial charge in [0.15, 0.2) is 6.61 Å². The van der Waals surface area contributed by atoms with E-state index < -0.39 is 5.60 Å². The molecule has 0 spiro atoms. The Morgan fingerprint density at radius 3 is 2.20 bits per heavy atom. The number of likely N-dealkylation sites (tertiary alicyclic amines) is 1. The zero-order valence-electron chi connectivity index (χ0n) is 23.8. The molecule has 0 unspecified atom stereocenters. The van der Waals surface area contributed by atoms with Crippen LogP contribution in [0, 0.1) is 0 Å². The molecule has 2 aliphatic rings. The maximum Gasteiger partial charge on any atom is 0.410 e. The van der Waals surface area contributed by atoms with Crippen LogP contribution in [0.25, 0.3) is 0 Å². The molecule has 0 bridgehead atoms. The number of esters is 1. The van der Waals surface area contributed by atoms with Gasteiger partial charge in [-0.3, -0.25) is 9.78 Å². The van der Waals surface area contributed by atoms with E-state index >= 15 is 0 Å². The van der Waals surface area contributed by atoms with Crippen LogP contribution in [0.4, 0.5) is 4.79 Å². The first-order chi connectivity index (χ1) is 19.2. The summed E-state index contributed by atoms with van der Waals surface area (Å²) < 4.78 is 16.7. The van der Waals surface area contributed by atoms with Crippen molar-refractivity contribution in [1.29, 1.82) is 0 Å². The molecule has 40 heavy (non-hydrogen) atoms. The third-order valence-electron chi connectivity index (χ3n) is 7.23. The molecule has 9 heteroatoms. The molecular formula is C31H41N3O6. The fourth-order valence-electron chi connectivity index (χ4n) is 5.14. The summed E-state index contributed by atoms with van der Waals surface area (Å²) in [7, 11) is 0. The molecule has 1 saturated heterocycles. The first kappa shape index (κ1) is 29.4. The molecule has 1 aliphatic heterocycles. The lowest BCUT2D eigenvalue weighted by Gasteiger charge is -2.39. The van der Waals surface area contributed by atoms with Crippen molar-refractivity contribution >= 4 is 18.0 Å². The smallest absolute Gasteiger partial charge is 0.410 e. The molecule has 2 amide bonds. The van der Waals surface area contributed by atoms with E-state index in [1.54, 1.807) is 41.6 Å². The Morgan fingerprint density at radius 2 is 1.57 bits per heavy atom. The number of amides is 2. The number of hydrogen-bond acceptors (Lipinski definition) is 7. The fourth-order valence-corrected chi connectivity index (χ4v) is 5.14. The second-order valence-electron chi connectivity index (χ2n) is 11.6. The van der Waals surface area contributed by atoms with E-state index in [0.29, 0.717) is 43.8 Å². The molecule has 1 aromatic heterocycles. The topological polar surface area (TPSA) is 98.3 Å². The predicted octanol–water partition coefficient (Wildman–Crippen LogP) is 5.38. The molecule has 4 rings (SSSR count). The van der Waals surface area contributed by atoms with Gasteiger partial charge in [0.1, 0.15) is 17.5 Å². The number of aromatic nitrogens is 1. The maximum absolute atomic E-state index is 13.7. The van der Waals surface area contributed by atoms with Gasteiger partial charge in [-0.15, -0.1) is 0 Å². The molecule has 1 aliphatic carbocycles. The Hall–Kier alpha value is -3.62. The van der Waals surface area contributed by atoms with E-state index in [1.165, 1.54) is 6.42 Å². The average molecular weight is 552 g/mol. The van der Waals surface area contributed by atoms with E-state index in [4.69, 9.17) is 14.2 Å². The number of pyridine rings is 1. The summed E-state index contributed by atoms with van der Waals surface area (Å²) in [5.74, 6) is 0.0348. The average Bonchev–Trinajstić information content (AvgIpc) is 2.95. The second kappa shape index (κ2) is 13.6. The number of benzene rings is 1. The van der Waals surface area contributed by atoms with Gasteiger partial charge in [0.05, 0.1) is 0 Å². The summed E-state index contributed by atoms with van der Waals surface area (Å²) in [6.45, 7) is 6.87. The van der Waals surface area contributed by atoms with Crippen LogP contribution in [-0.4, -0.2) is 70.2 Å². The summed E-state index contributed by atoms with van der Waals surface area (Å²) in [6, 6.07) is 10.6. The standard InChI is InChI=1S/C31H41N3O6/c1-31(2,3)40-30(37)33-19-15-25(16-20-33)34(21-23-13-17-32-18-14-23)29(36)24-9-11-26(12-10-24)38-22-28(35)39-27-7-5-4-6-8-27/h9-14,17-18,25,27H,4-8,15-16,19-22H2,1-3H3. The molecule has 2 aromatic rings. The normalized spacial score (nSPS) is 16.7. The van der Waals surface area contributed by atoms with Crippen molar-refractivity contribution in [1.82, 2.24) is 14.8 Å². The molecule has 2 heterocycles. The Morgan fingerprint density at radius 1 is 0.925 bits per heavy atom. The van der Waals surface area contributed by atoms with Crippen molar-refractivity contribution in [3.8, 4) is 5.75 Å². The lowest BCUT2D eigenvalue weighted by molar-refractivity contribution is -0.152. The minimum Gasteiger partial charge on any atom is -0.482 e. The van der Waals surface area contributed by atoms with Crippen molar-refractivity contribution in [3.05, 3.63) is 59.9 Å². The van der Waals surface area contributed by atoms with Crippen LogP contribution in [0.3, 0.4) is 0 Å². The van der Waals surface area contributed by atoms with Crippen LogP contribution in [0.2, 0.25) is 0 Å². The molecule has 216 valence electrons. The van der Waals surface area contributed by atoms with Crippen molar-refractivity contribution < 1.29 is 28.6 Å². The first-order valence-electron chi connectivity index (χ1n) is 14.3. The second-order valence-corrected chi connectivity index (χ2v) is 11.6. The Balaban J connectivity index is 1.37. The van der Waals surface area contributed by atoms with Gasteiger partial charge < -0.3 is 24.0 Å².